The molecule has 0 radical (unpaired) electrons. The molecule has 2 aromatic rings. The molecule has 0 fully saturated rings. The van der Waals surface area contributed by atoms with Crippen molar-refractivity contribution in [2.45, 2.75) is 96.8 Å². The minimum Gasteiger partial charge on any atom is -0.0885 e. The second kappa shape index (κ2) is 14.5. The summed E-state index contributed by atoms with van der Waals surface area (Å²) in [6.07, 6.45) is 23.9. The molecule has 0 aromatic heterocycles. The summed E-state index contributed by atoms with van der Waals surface area (Å²) in [4.78, 5) is 0. The Balaban J connectivity index is 1.41. The van der Waals surface area contributed by atoms with Crippen molar-refractivity contribution < 1.29 is 0 Å². The van der Waals surface area contributed by atoms with Gasteiger partial charge < -0.3 is 0 Å². The van der Waals surface area contributed by atoms with Gasteiger partial charge in [-0.2, -0.15) is 0 Å². The SMILES string of the molecule is CCCCCCC/C=C/CCCCCCCCc1ccc2ccccc2c1. The molecule has 0 saturated carbocycles. The molecule has 0 bridgehead atoms. The van der Waals surface area contributed by atoms with E-state index in [0.29, 0.717) is 0 Å². The Morgan fingerprint density at radius 2 is 1.19 bits per heavy atom. The quantitative estimate of drug-likeness (QED) is 0.218. The Kier molecular flexibility index (Phi) is 11.7. The van der Waals surface area contributed by atoms with Crippen LogP contribution < -0.4 is 0 Å². The highest BCUT2D eigenvalue weighted by Gasteiger charge is 1.97. The van der Waals surface area contributed by atoms with E-state index in [-0.39, 0.29) is 0 Å². The number of unbranched alkanes of at least 4 members (excludes halogenated alkanes) is 11. The normalized spacial score (nSPS) is 11.6. The van der Waals surface area contributed by atoms with Crippen LogP contribution in [0.4, 0.5) is 0 Å². The van der Waals surface area contributed by atoms with Gasteiger partial charge in [-0.1, -0.05) is 113 Å². The summed E-state index contributed by atoms with van der Waals surface area (Å²) < 4.78 is 0. The minimum absolute atomic E-state index is 1.23. The third kappa shape index (κ3) is 9.80. The lowest BCUT2D eigenvalue weighted by Crippen LogP contribution is -1.87. The summed E-state index contributed by atoms with van der Waals surface area (Å²) in [5.74, 6) is 0. The lowest BCUT2D eigenvalue weighted by Gasteiger charge is -2.04. The number of fused-ring (bicyclic) bond motifs is 1. The summed E-state index contributed by atoms with van der Waals surface area (Å²) in [5.41, 5.74) is 1.49. The Morgan fingerprint density at radius 1 is 0.593 bits per heavy atom. The first-order chi connectivity index (χ1) is 13.4. The van der Waals surface area contributed by atoms with Gasteiger partial charge in [0.2, 0.25) is 0 Å². The fourth-order valence-electron chi connectivity index (χ4n) is 3.79. The molecule has 0 amide bonds. The summed E-state index contributed by atoms with van der Waals surface area (Å²) in [6, 6.07) is 15.6. The molecule has 27 heavy (non-hydrogen) atoms. The van der Waals surface area contributed by atoms with Crippen molar-refractivity contribution >= 4 is 10.8 Å². The van der Waals surface area contributed by atoms with Crippen LogP contribution in [0.1, 0.15) is 96.0 Å². The minimum atomic E-state index is 1.23. The van der Waals surface area contributed by atoms with Gasteiger partial charge in [-0.25, -0.2) is 0 Å². The number of allylic oxidation sites excluding steroid dienone is 2. The predicted octanol–water partition coefficient (Wildman–Crippen LogP) is 9.03. The topological polar surface area (TPSA) is 0 Å². The maximum absolute atomic E-state index is 2.42. The Labute approximate surface area is 168 Å². The third-order valence-corrected chi connectivity index (χ3v) is 5.54. The summed E-state index contributed by atoms with van der Waals surface area (Å²) in [6.45, 7) is 2.28. The first kappa shape index (κ1) is 21.7. The molecule has 0 atom stereocenters. The zero-order chi connectivity index (χ0) is 19.0. The van der Waals surface area contributed by atoms with Gasteiger partial charge in [-0.3, -0.25) is 0 Å². The van der Waals surface area contributed by atoms with Crippen LogP contribution in [0, 0.1) is 0 Å². The second-order valence-electron chi connectivity index (χ2n) is 8.02. The van der Waals surface area contributed by atoms with E-state index in [4.69, 9.17) is 0 Å². The van der Waals surface area contributed by atoms with Gasteiger partial charge >= 0.3 is 0 Å². The van der Waals surface area contributed by atoms with Crippen LogP contribution in [0.2, 0.25) is 0 Å². The van der Waals surface area contributed by atoms with Crippen molar-refractivity contribution in [3.63, 3.8) is 0 Å². The average molecular weight is 365 g/mol. The highest BCUT2D eigenvalue weighted by atomic mass is 14.0. The van der Waals surface area contributed by atoms with Gasteiger partial charge in [-0.05, 0) is 54.9 Å². The van der Waals surface area contributed by atoms with Gasteiger partial charge in [0.05, 0.1) is 0 Å². The van der Waals surface area contributed by atoms with E-state index in [1.807, 2.05) is 0 Å². The molecule has 0 spiro atoms. The zero-order valence-electron chi connectivity index (χ0n) is 17.6. The van der Waals surface area contributed by atoms with Crippen LogP contribution in [-0.2, 0) is 6.42 Å². The van der Waals surface area contributed by atoms with E-state index < -0.39 is 0 Å². The van der Waals surface area contributed by atoms with Crippen LogP contribution in [0.3, 0.4) is 0 Å². The molecule has 148 valence electrons. The number of rotatable bonds is 15. The number of benzene rings is 2. The zero-order valence-corrected chi connectivity index (χ0v) is 17.6. The van der Waals surface area contributed by atoms with Gasteiger partial charge in [0.1, 0.15) is 0 Å². The van der Waals surface area contributed by atoms with Crippen molar-refractivity contribution in [1.29, 1.82) is 0 Å². The van der Waals surface area contributed by atoms with Crippen molar-refractivity contribution in [3.05, 3.63) is 60.2 Å². The van der Waals surface area contributed by atoms with Gasteiger partial charge in [-0.15, -0.1) is 0 Å². The largest absolute Gasteiger partial charge is 0.0885 e. The van der Waals surface area contributed by atoms with E-state index in [9.17, 15) is 0 Å². The standard InChI is InChI=1S/C27H40/c1-2-3-4-5-6-7-8-9-10-11-12-13-14-15-16-19-25-22-23-26-20-17-18-21-27(26)24-25/h8-9,17-18,20-24H,2-7,10-16,19H2,1H3/b9-8+. The van der Waals surface area contributed by atoms with Crippen LogP contribution in [0.25, 0.3) is 10.8 Å². The van der Waals surface area contributed by atoms with Crippen molar-refractivity contribution in [3.8, 4) is 0 Å². The molecule has 0 aliphatic rings. The fraction of sp³-hybridized carbons (Fsp3) is 0.556. The van der Waals surface area contributed by atoms with Crippen molar-refractivity contribution in [2.24, 2.45) is 0 Å². The predicted molar refractivity (Wildman–Crippen MR) is 122 cm³/mol. The molecule has 0 aliphatic heterocycles. The second-order valence-corrected chi connectivity index (χ2v) is 8.02. The Hall–Kier alpha value is -1.56. The molecule has 0 heteroatoms. The molecule has 0 N–H and O–H groups in total. The number of aryl methyl sites for hydroxylation is 1. The Bertz CT molecular complexity index is 637. The molecular weight excluding hydrogens is 324 g/mol. The molecule has 0 aliphatic carbocycles. The van der Waals surface area contributed by atoms with Crippen LogP contribution in [0.15, 0.2) is 54.6 Å². The van der Waals surface area contributed by atoms with Gasteiger partial charge in [0.25, 0.3) is 0 Å². The van der Waals surface area contributed by atoms with Crippen LogP contribution in [-0.4, -0.2) is 0 Å². The van der Waals surface area contributed by atoms with Gasteiger partial charge in [0, 0.05) is 0 Å². The van der Waals surface area contributed by atoms with Gasteiger partial charge in [0.15, 0.2) is 0 Å². The fourth-order valence-corrected chi connectivity index (χ4v) is 3.79. The van der Waals surface area contributed by atoms with E-state index in [1.54, 1.807) is 0 Å². The van der Waals surface area contributed by atoms with E-state index in [1.165, 1.54) is 106 Å². The van der Waals surface area contributed by atoms with Crippen molar-refractivity contribution in [1.82, 2.24) is 0 Å². The van der Waals surface area contributed by atoms with Crippen LogP contribution >= 0.6 is 0 Å². The summed E-state index contributed by atoms with van der Waals surface area (Å²) in [7, 11) is 0. The molecule has 0 unspecified atom stereocenters. The average Bonchev–Trinajstić information content (AvgIpc) is 2.71. The molecule has 0 saturated heterocycles. The summed E-state index contributed by atoms with van der Waals surface area (Å²) >= 11 is 0. The number of hydrogen-bond donors (Lipinski definition) is 0. The highest BCUT2D eigenvalue weighted by molar-refractivity contribution is 5.82. The molecule has 2 aromatic carbocycles. The van der Waals surface area contributed by atoms with E-state index in [0.717, 1.165) is 0 Å². The molecule has 0 nitrogen and oxygen atoms in total. The monoisotopic (exact) mass is 364 g/mol. The smallest absolute Gasteiger partial charge is 0.0181 e. The maximum atomic E-state index is 2.42. The maximum Gasteiger partial charge on any atom is -0.0181 e. The third-order valence-electron chi connectivity index (χ3n) is 5.54. The molecular formula is C27H40. The van der Waals surface area contributed by atoms with Crippen molar-refractivity contribution in [2.75, 3.05) is 0 Å². The summed E-state index contributed by atoms with van der Waals surface area (Å²) in [5, 5.41) is 2.73. The Morgan fingerprint density at radius 3 is 1.89 bits per heavy atom. The molecule has 0 heterocycles. The highest BCUT2D eigenvalue weighted by Crippen LogP contribution is 2.18. The molecule has 2 rings (SSSR count). The lowest BCUT2D eigenvalue weighted by molar-refractivity contribution is 0.596. The van der Waals surface area contributed by atoms with E-state index in [2.05, 4.69) is 61.5 Å². The lowest BCUT2D eigenvalue weighted by atomic mass is 10.0. The first-order valence-electron chi connectivity index (χ1n) is 11.5. The first-order valence-corrected chi connectivity index (χ1v) is 11.5. The van der Waals surface area contributed by atoms with Crippen LogP contribution in [0.5, 0.6) is 0 Å². The number of hydrogen-bond acceptors (Lipinski definition) is 0. The van der Waals surface area contributed by atoms with E-state index >= 15 is 0 Å².